The van der Waals surface area contributed by atoms with Crippen molar-refractivity contribution in [3.63, 3.8) is 0 Å². The summed E-state index contributed by atoms with van der Waals surface area (Å²) in [5.41, 5.74) is 0.704. The van der Waals surface area contributed by atoms with Gasteiger partial charge in [-0.2, -0.15) is 0 Å². The Labute approximate surface area is 366 Å². The molecule has 6 atom stereocenters. The highest BCUT2D eigenvalue weighted by Gasteiger charge is 2.76. The first-order valence-electron chi connectivity index (χ1n) is 20.2. The number of phenolic OH excluding ortho intramolecular Hbond substituents is 1. The van der Waals surface area contributed by atoms with Crippen LogP contribution in [0.5, 0.6) is 11.5 Å². The van der Waals surface area contributed by atoms with Gasteiger partial charge in [-0.15, -0.1) is 0 Å². The number of benzene rings is 6. The topological polar surface area (TPSA) is 186 Å². The minimum Gasteiger partial charge on any atom is -0.508 e. The monoisotopic (exact) mass is 855 g/mol. The molecule has 0 aromatic heterocycles. The van der Waals surface area contributed by atoms with Gasteiger partial charge in [0.2, 0.25) is 5.91 Å². The molecule has 0 saturated carbocycles. The van der Waals surface area contributed by atoms with Crippen LogP contribution >= 0.6 is 0 Å². The molecule has 2 amide bonds. The maximum absolute atomic E-state index is 15.9. The zero-order chi connectivity index (χ0) is 44.7. The first kappa shape index (κ1) is 41.1. The second-order valence-corrected chi connectivity index (χ2v) is 15.5. The number of hydrogen-bond donors (Lipinski definition) is 2. The number of esters is 1. The van der Waals surface area contributed by atoms with E-state index in [1.54, 1.807) is 84.8 Å². The molecule has 14 heteroatoms. The highest BCUT2D eigenvalue weighted by Crippen LogP contribution is 2.66. The number of morpholine rings is 1. The van der Waals surface area contributed by atoms with Gasteiger partial charge in [-0.3, -0.25) is 29.4 Å². The maximum Gasteiger partial charge on any atom is 0.421 e. The van der Waals surface area contributed by atoms with E-state index < -0.39 is 71.0 Å². The van der Waals surface area contributed by atoms with Gasteiger partial charge in [-0.1, -0.05) is 84.6 Å². The van der Waals surface area contributed by atoms with E-state index in [0.29, 0.717) is 39.1 Å². The van der Waals surface area contributed by atoms with Crippen molar-refractivity contribution in [2.75, 3.05) is 12.0 Å². The summed E-state index contributed by atoms with van der Waals surface area (Å²) in [6.07, 6.45) is -2.14. The fraction of sp³-hybridized carbons (Fsp3) is 0.160. The quantitative estimate of drug-likeness (QED) is 0.0656. The van der Waals surface area contributed by atoms with Crippen molar-refractivity contribution in [2.45, 2.75) is 36.3 Å². The minimum absolute atomic E-state index is 0.00723. The number of carbonyl (C=O) groups is 4. The smallest absolute Gasteiger partial charge is 0.421 e. The number of aliphatic carboxylic acids is 1. The fourth-order valence-corrected chi connectivity index (χ4v) is 9.34. The van der Waals surface area contributed by atoms with Crippen molar-refractivity contribution in [3.8, 4) is 23.3 Å². The second-order valence-electron chi connectivity index (χ2n) is 15.5. The Morgan fingerprint density at radius 1 is 0.781 bits per heavy atom. The van der Waals surface area contributed by atoms with E-state index in [1.165, 1.54) is 42.5 Å². The Kier molecular flexibility index (Phi) is 10.6. The Hall–Kier alpha value is -8.28. The number of cyclic esters (lactones) is 1. The molecule has 2 saturated heterocycles. The summed E-state index contributed by atoms with van der Waals surface area (Å²) in [6, 6.07) is 37.3. The molecule has 64 heavy (non-hydrogen) atoms. The zero-order valence-corrected chi connectivity index (χ0v) is 33.9. The minimum atomic E-state index is -2.25. The Morgan fingerprint density at radius 2 is 1.41 bits per heavy atom. The standard InChI is InChI=1S/C50H37N3O11/c1-62-38-25-16-30(17-26-38)12-13-31-18-27-40-39(28-31)50(48(58)51(40)49(59)63-29-32-14-21-36(22-15-32)53(60)61)41(46(55)56)43-47(57)64-44(34-10-6-3-7-11-34)42(33-8-4-2-5-9-33)52(43)45(50)35-19-23-37(54)24-20-35/h2-11,14-28,41-45,54H,29H2,1H3,(H,55,56). The van der Waals surface area contributed by atoms with Gasteiger partial charge in [-0.05, 0) is 94.5 Å². The number of nitro groups is 1. The molecule has 2 N–H and O–H groups in total. The van der Waals surface area contributed by atoms with Gasteiger partial charge in [0, 0.05) is 23.3 Å². The number of carboxylic acids is 1. The molecule has 318 valence electrons. The van der Waals surface area contributed by atoms with Crippen molar-refractivity contribution < 1.29 is 48.5 Å². The summed E-state index contributed by atoms with van der Waals surface area (Å²) >= 11 is 0. The summed E-state index contributed by atoms with van der Waals surface area (Å²) < 4.78 is 17.3. The molecular weight excluding hydrogens is 819 g/mol. The number of phenols is 1. The Balaban J connectivity index is 1.27. The van der Waals surface area contributed by atoms with E-state index in [0.717, 1.165) is 4.90 Å². The molecule has 14 nitrogen and oxygen atoms in total. The average Bonchev–Trinajstić information content (AvgIpc) is 3.77. The maximum atomic E-state index is 15.9. The number of carboxylic acid groups (broad SMARTS) is 1. The second kappa shape index (κ2) is 16.5. The molecule has 6 unspecified atom stereocenters. The summed E-state index contributed by atoms with van der Waals surface area (Å²) in [6.45, 7) is -0.395. The molecule has 9 rings (SSSR count). The van der Waals surface area contributed by atoms with E-state index in [2.05, 4.69) is 11.8 Å². The summed E-state index contributed by atoms with van der Waals surface area (Å²) in [4.78, 5) is 72.7. The summed E-state index contributed by atoms with van der Waals surface area (Å²) in [5.74, 6) is 1.50. The number of imide groups is 1. The Morgan fingerprint density at radius 3 is 2.03 bits per heavy atom. The van der Waals surface area contributed by atoms with Gasteiger partial charge >= 0.3 is 18.0 Å². The third-order valence-electron chi connectivity index (χ3n) is 12.1. The van der Waals surface area contributed by atoms with Gasteiger partial charge in [0.25, 0.3) is 5.69 Å². The number of hydrogen-bond acceptors (Lipinski definition) is 11. The molecule has 0 bridgehead atoms. The predicted octanol–water partition coefficient (Wildman–Crippen LogP) is 7.80. The van der Waals surface area contributed by atoms with Crippen molar-refractivity contribution in [1.29, 1.82) is 0 Å². The molecule has 6 aromatic rings. The number of nitrogens with zero attached hydrogens (tertiary/aromatic N) is 3. The fourth-order valence-electron chi connectivity index (χ4n) is 9.34. The average molecular weight is 856 g/mol. The largest absolute Gasteiger partial charge is 0.508 e. The van der Waals surface area contributed by atoms with Gasteiger partial charge < -0.3 is 24.4 Å². The number of carbonyl (C=O) groups excluding carboxylic acids is 3. The van der Waals surface area contributed by atoms with Crippen LogP contribution in [-0.2, 0) is 35.9 Å². The molecular formula is C50H37N3O11. The predicted molar refractivity (Wildman–Crippen MR) is 230 cm³/mol. The van der Waals surface area contributed by atoms with Crippen LogP contribution in [0.15, 0.2) is 152 Å². The molecule has 6 aromatic carbocycles. The van der Waals surface area contributed by atoms with E-state index >= 15 is 4.79 Å². The first-order chi connectivity index (χ1) is 31.0. The van der Waals surface area contributed by atoms with E-state index in [9.17, 15) is 34.7 Å². The number of amides is 2. The number of non-ortho nitro benzene ring substituents is 1. The van der Waals surface area contributed by atoms with Crippen LogP contribution < -0.4 is 9.64 Å². The lowest BCUT2D eigenvalue weighted by Crippen LogP contribution is -2.53. The molecule has 1 spiro atoms. The van der Waals surface area contributed by atoms with Crippen LogP contribution in [0.25, 0.3) is 0 Å². The number of anilines is 1. The molecule has 3 heterocycles. The third-order valence-corrected chi connectivity index (χ3v) is 12.1. The molecule has 3 aliphatic rings. The number of ether oxygens (including phenoxy) is 3. The zero-order valence-electron chi connectivity index (χ0n) is 33.9. The van der Waals surface area contributed by atoms with Crippen molar-refractivity contribution >= 4 is 35.3 Å². The summed E-state index contributed by atoms with van der Waals surface area (Å²) in [7, 11) is 1.55. The van der Waals surface area contributed by atoms with Crippen LogP contribution in [0, 0.1) is 27.9 Å². The molecule has 2 fully saturated rings. The van der Waals surface area contributed by atoms with Gasteiger partial charge in [0.05, 0.1) is 29.8 Å². The Bertz CT molecular complexity index is 2860. The first-order valence-corrected chi connectivity index (χ1v) is 20.2. The lowest BCUT2D eigenvalue weighted by molar-refractivity contribution is -0.384. The van der Waals surface area contributed by atoms with Gasteiger partial charge in [0.1, 0.15) is 41.6 Å². The molecule has 3 aliphatic heterocycles. The number of nitro benzene ring substituents is 1. The van der Waals surface area contributed by atoms with Crippen LogP contribution in [0.2, 0.25) is 0 Å². The van der Waals surface area contributed by atoms with Crippen molar-refractivity contribution in [3.05, 3.63) is 201 Å². The number of methoxy groups -OCH3 is 1. The van der Waals surface area contributed by atoms with E-state index in [4.69, 9.17) is 14.2 Å². The van der Waals surface area contributed by atoms with E-state index in [1.807, 2.05) is 36.4 Å². The van der Waals surface area contributed by atoms with Gasteiger partial charge in [-0.25, -0.2) is 9.69 Å². The highest BCUT2D eigenvalue weighted by atomic mass is 16.6. The lowest BCUT2D eigenvalue weighted by Gasteiger charge is -2.46. The third kappa shape index (κ3) is 6.94. The van der Waals surface area contributed by atoms with Crippen LogP contribution in [0.4, 0.5) is 16.2 Å². The van der Waals surface area contributed by atoms with Crippen molar-refractivity contribution in [1.82, 2.24) is 4.90 Å². The van der Waals surface area contributed by atoms with Crippen LogP contribution in [0.3, 0.4) is 0 Å². The lowest BCUT2D eigenvalue weighted by atomic mass is 9.65. The van der Waals surface area contributed by atoms with E-state index in [-0.39, 0.29) is 22.7 Å². The summed E-state index contributed by atoms with van der Waals surface area (Å²) in [5, 5.41) is 33.4. The van der Waals surface area contributed by atoms with Crippen LogP contribution in [-0.4, -0.2) is 57.1 Å². The normalized spacial score (nSPS) is 22.1. The number of aromatic hydroxyl groups is 1. The van der Waals surface area contributed by atoms with Crippen LogP contribution in [0.1, 0.15) is 57.1 Å². The molecule has 0 aliphatic carbocycles. The SMILES string of the molecule is COc1ccc(C#Cc2ccc3c(c2)C2(C(=O)N3C(=O)OCc3ccc([N+](=O)[O-])cc3)C(C(=O)O)C3C(=O)OC(c4ccccc4)C(c4ccccc4)N3C2c2ccc(O)cc2)cc1. The number of rotatable bonds is 8. The molecule has 0 radical (unpaired) electrons. The van der Waals surface area contributed by atoms with Gasteiger partial charge in [0.15, 0.2) is 0 Å². The van der Waals surface area contributed by atoms with Crippen molar-refractivity contribution in [2.24, 2.45) is 5.92 Å². The highest BCUT2D eigenvalue weighted by molar-refractivity contribution is 6.23. The number of fused-ring (bicyclic) bond motifs is 3.